The van der Waals surface area contributed by atoms with Crippen LogP contribution in [0.5, 0.6) is 0 Å². The molecular formula is C7H21NO2. The van der Waals surface area contributed by atoms with Crippen LogP contribution in [0.1, 0.15) is 13.8 Å². The Morgan fingerprint density at radius 1 is 0.900 bits per heavy atom. The lowest BCUT2D eigenvalue weighted by atomic mass is 10.6. The highest BCUT2D eigenvalue weighted by molar-refractivity contribution is 4.36. The highest BCUT2D eigenvalue weighted by atomic mass is 16.2. The third-order valence-electron chi connectivity index (χ3n) is 1.08. The molecule has 0 aromatic rings. The van der Waals surface area contributed by atoms with Crippen molar-refractivity contribution in [2.75, 3.05) is 34.4 Å². The Labute approximate surface area is 64.3 Å². The minimum Gasteiger partial charge on any atom is -0.400 e. The summed E-state index contributed by atoms with van der Waals surface area (Å²) in [6, 6.07) is 0. The molecule has 0 radical (unpaired) electrons. The molecule has 0 aliphatic carbocycles. The number of aliphatic hydroxyl groups excluding tert-OH is 2. The molecule has 0 saturated heterocycles. The van der Waals surface area contributed by atoms with E-state index >= 15 is 0 Å². The average molecular weight is 151 g/mol. The van der Waals surface area contributed by atoms with Crippen LogP contribution in [0.15, 0.2) is 0 Å². The van der Waals surface area contributed by atoms with Gasteiger partial charge in [0.1, 0.15) is 0 Å². The van der Waals surface area contributed by atoms with Crippen molar-refractivity contribution in [2.24, 2.45) is 0 Å². The molecule has 0 amide bonds. The average Bonchev–Trinajstić information content (AvgIpc) is 2.10. The SMILES string of the molecule is CCN(C)CC.CO.CO. The van der Waals surface area contributed by atoms with Gasteiger partial charge in [-0.2, -0.15) is 0 Å². The van der Waals surface area contributed by atoms with Gasteiger partial charge in [-0.25, -0.2) is 0 Å². The van der Waals surface area contributed by atoms with Crippen molar-refractivity contribution in [1.82, 2.24) is 4.90 Å². The molecule has 3 heteroatoms. The fraction of sp³-hybridized carbons (Fsp3) is 1.00. The van der Waals surface area contributed by atoms with Gasteiger partial charge in [-0.05, 0) is 20.1 Å². The molecule has 0 aliphatic rings. The number of hydrogen-bond acceptors (Lipinski definition) is 3. The molecule has 0 aromatic heterocycles. The van der Waals surface area contributed by atoms with Crippen molar-refractivity contribution in [2.45, 2.75) is 13.8 Å². The molecule has 0 rings (SSSR count). The van der Waals surface area contributed by atoms with Crippen LogP contribution in [0.25, 0.3) is 0 Å². The van der Waals surface area contributed by atoms with Crippen molar-refractivity contribution in [3.8, 4) is 0 Å². The van der Waals surface area contributed by atoms with Crippen molar-refractivity contribution in [1.29, 1.82) is 0 Å². The third kappa shape index (κ3) is 24.8. The van der Waals surface area contributed by atoms with Gasteiger partial charge in [0.25, 0.3) is 0 Å². The fourth-order valence-corrected chi connectivity index (χ4v) is 0.224. The first-order valence-electron chi connectivity index (χ1n) is 3.39. The zero-order valence-electron chi connectivity index (χ0n) is 7.76. The van der Waals surface area contributed by atoms with Crippen LogP contribution < -0.4 is 0 Å². The van der Waals surface area contributed by atoms with Crippen molar-refractivity contribution < 1.29 is 10.2 Å². The molecule has 3 nitrogen and oxygen atoms in total. The molecule has 0 bridgehead atoms. The zero-order valence-corrected chi connectivity index (χ0v) is 7.76. The summed E-state index contributed by atoms with van der Waals surface area (Å²) >= 11 is 0. The Balaban J connectivity index is -0.000000105. The first-order valence-corrected chi connectivity index (χ1v) is 3.39. The first kappa shape index (κ1) is 16.5. The second kappa shape index (κ2) is 23.2. The number of hydrogen-bond donors (Lipinski definition) is 2. The summed E-state index contributed by atoms with van der Waals surface area (Å²) in [6.07, 6.45) is 0. The number of rotatable bonds is 2. The molecule has 2 N–H and O–H groups in total. The van der Waals surface area contributed by atoms with Crippen LogP contribution in [0.2, 0.25) is 0 Å². The monoisotopic (exact) mass is 151 g/mol. The van der Waals surface area contributed by atoms with Gasteiger partial charge in [0.05, 0.1) is 0 Å². The summed E-state index contributed by atoms with van der Waals surface area (Å²) < 4.78 is 0. The van der Waals surface area contributed by atoms with Gasteiger partial charge in [0.15, 0.2) is 0 Å². The lowest BCUT2D eigenvalue weighted by Gasteiger charge is -2.07. The lowest BCUT2D eigenvalue weighted by molar-refractivity contribution is 0.373. The van der Waals surface area contributed by atoms with Gasteiger partial charge in [-0.1, -0.05) is 13.8 Å². The Morgan fingerprint density at radius 2 is 1.10 bits per heavy atom. The van der Waals surface area contributed by atoms with E-state index in [2.05, 4.69) is 25.8 Å². The van der Waals surface area contributed by atoms with Gasteiger partial charge in [0, 0.05) is 14.2 Å². The molecule has 0 aliphatic heterocycles. The topological polar surface area (TPSA) is 43.7 Å². The molecule has 0 saturated carbocycles. The largest absolute Gasteiger partial charge is 0.400 e. The first-order chi connectivity index (χ1) is 4.81. The predicted octanol–water partition coefficient (Wildman–Crippen LogP) is 0.175. The van der Waals surface area contributed by atoms with Crippen LogP contribution in [-0.2, 0) is 0 Å². The summed E-state index contributed by atoms with van der Waals surface area (Å²) in [5.41, 5.74) is 0. The van der Waals surface area contributed by atoms with Crippen molar-refractivity contribution >= 4 is 0 Å². The predicted molar refractivity (Wildman–Crippen MR) is 45.1 cm³/mol. The molecule has 10 heavy (non-hydrogen) atoms. The van der Waals surface area contributed by atoms with Gasteiger partial charge >= 0.3 is 0 Å². The fourth-order valence-electron chi connectivity index (χ4n) is 0.224. The van der Waals surface area contributed by atoms with E-state index < -0.39 is 0 Å². The van der Waals surface area contributed by atoms with E-state index in [4.69, 9.17) is 10.2 Å². The standard InChI is InChI=1S/C5H13N.2CH4O/c1-4-6(3)5-2;2*1-2/h4-5H2,1-3H3;2*2H,1H3. The molecule has 0 aromatic carbocycles. The van der Waals surface area contributed by atoms with Gasteiger partial charge < -0.3 is 15.1 Å². The second-order valence-corrected chi connectivity index (χ2v) is 1.49. The van der Waals surface area contributed by atoms with E-state index in [-0.39, 0.29) is 0 Å². The zero-order chi connectivity index (χ0) is 8.99. The Morgan fingerprint density at radius 3 is 1.10 bits per heavy atom. The minimum absolute atomic E-state index is 1.00. The summed E-state index contributed by atoms with van der Waals surface area (Å²) in [5.74, 6) is 0. The lowest BCUT2D eigenvalue weighted by Crippen LogP contribution is -2.15. The van der Waals surface area contributed by atoms with Gasteiger partial charge in [-0.15, -0.1) is 0 Å². The maximum atomic E-state index is 7.00. The molecule has 0 heterocycles. The van der Waals surface area contributed by atoms with Crippen molar-refractivity contribution in [3.63, 3.8) is 0 Å². The van der Waals surface area contributed by atoms with E-state index in [1.54, 1.807) is 0 Å². The maximum Gasteiger partial charge on any atom is 0.0319 e. The molecule has 66 valence electrons. The Bertz CT molecular complexity index is 30.8. The quantitative estimate of drug-likeness (QED) is 0.591. The highest BCUT2D eigenvalue weighted by Crippen LogP contribution is 1.73. The smallest absolute Gasteiger partial charge is 0.0319 e. The molecule has 0 unspecified atom stereocenters. The van der Waals surface area contributed by atoms with E-state index in [1.165, 1.54) is 0 Å². The normalized spacial score (nSPS) is 7.20. The summed E-state index contributed by atoms with van der Waals surface area (Å²) in [7, 11) is 4.11. The van der Waals surface area contributed by atoms with E-state index in [0.717, 1.165) is 27.3 Å². The summed E-state index contributed by atoms with van der Waals surface area (Å²) in [5, 5.41) is 14.0. The van der Waals surface area contributed by atoms with Gasteiger partial charge in [-0.3, -0.25) is 0 Å². The Kier molecular flexibility index (Phi) is 38.1. The van der Waals surface area contributed by atoms with Crippen LogP contribution in [0.3, 0.4) is 0 Å². The van der Waals surface area contributed by atoms with E-state index in [1.807, 2.05) is 0 Å². The number of nitrogens with zero attached hydrogens (tertiary/aromatic N) is 1. The molecule has 0 spiro atoms. The third-order valence-corrected chi connectivity index (χ3v) is 1.08. The molecular weight excluding hydrogens is 130 g/mol. The van der Waals surface area contributed by atoms with Crippen LogP contribution >= 0.6 is 0 Å². The molecule has 0 atom stereocenters. The molecule has 0 fully saturated rings. The van der Waals surface area contributed by atoms with Crippen molar-refractivity contribution in [3.05, 3.63) is 0 Å². The van der Waals surface area contributed by atoms with Crippen LogP contribution in [0.4, 0.5) is 0 Å². The second-order valence-electron chi connectivity index (χ2n) is 1.49. The minimum atomic E-state index is 1.00. The van der Waals surface area contributed by atoms with Crippen LogP contribution in [-0.4, -0.2) is 49.5 Å². The highest BCUT2D eigenvalue weighted by Gasteiger charge is 1.81. The van der Waals surface area contributed by atoms with E-state index in [0.29, 0.717) is 0 Å². The van der Waals surface area contributed by atoms with E-state index in [9.17, 15) is 0 Å². The summed E-state index contributed by atoms with van der Waals surface area (Å²) in [6.45, 7) is 6.64. The van der Waals surface area contributed by atoms with Gasteiger partial charge in [0.2, 0.25) is 0 Å². The number of aliphatic hydroxyl groups is 2. The summed E-state index contributed by atoms with van der Waals surface area (Å²) in [4.78, 5) is 2.25. The van der Waals surface area contributed by atoms with Crippen LogP contribution in [0, 0.1) is 0 Å². The Hall–Kier alpha value is -0.120. The maximum absolute atomic E-state index is 7.00.